The summed E-state index contributed by atoms with van der Waals surface area (Å²) in [6.45, 7) is 0. The second kappa shape index (κ2) is 4.88. The highest BCUT2D eigenvalue weighted by Crippen LogP contribution is 2.27. The summed E-state index contributed by atoms with van der Waals surface area (Å²) in [6, 6.07) is 3.22. The van der Waals surface area contributed by atoms with Crippen LogP contribution in [0.4, 0.5) is 14.5 Å². The molecule has 0 spiro atoms. The molecular weight excluding hydrogens is 308 g/mol. The summed E-state index contributed by atoms with van der Waals surface area (Å²) in [7, 11) is -4.61. The van der Waals surface area contributed by atoms with Crippen LogP contribution in [0.25, 0.3) is 0 Å². The van der Waals surface area contributed by atoms with E-state index in [0.29, 0.717) is 12.1 Å². The molecule has 1 rings (SSSR count). The molecule has 1 N–H and O–H groups in total. The summed E-state index contributed by atoms with van der Waals surface area (Å²) in [5, 5.41) is 2.27. The molecular formula is C8H6BrF2NO3S. The molecule has 0 bridgehead atoms. The number of amides is 1. The highest BCUT2D eigenvalue weighted by atomic mass is 79.9. The standard InChI is InChI=1S/C8H6BrF2NO3S/c9-6-3-5(16(14,15)8(10)11)1-2-7(6)12-4-13/h1-4,8H,(H,12,13). The van der Waals surface area contributed by atoms with E-state index in [9.17, 15) is 22.0 Å². The number of rotatable bonds is 4. The van der Waals surface area contributed by atoms with Crippen LogP contribution in [-0.4, -0.2) is 20.6 Å². The van der Waals surface area contributed by atoms with Crippen LogP contribution in [-0.2, 0) is 14.6 Å². The summed E-state index contributed by atoms with van der Waals surface area (Å²) < 4.78 is 46.8. The van der Waals surface area contributed by atoms with Gasteiger partial charge in [-0.05, 0) is 34.1 Å². The van der Waals surface area contributed by atoms with Gasteiger partial charge >= 0.3 is 5.76 Å². The van der Waals surface area contributed by atoms with Gasteiger partial charge in [-0.1, -0.05) is 0 Å². The summed E-state index contributed by atoms with van der Waals surface area (Å²) >= 11 is 2.96. The fourth-order valence-electron chi connectivity index (χ4n) is 0.956. The third-order valence-electron chi connectivity index (χ3n) is 1.72. The lowest BCUT2D eigenvalue weighted by atomic mass is 10.3. The molecule has 0 atom stereocenters. The lowest BCUT2D eigenvalue weighted by Crippen LogP contribution is -2.11. The molecule has 0 radical (unpaired) electrons. The minimum atomic E-state index is -4.61. The maximum absolute atomic E-state index is 12.2. The van der Waals surface area contributed by atoms with Crippen LogP contribution >= 0.6 is 15.9 Å². The monoisotopic (exact) mass is 313 g/mol. The second-order valence-electron chi connectivity index (χ2n) is 2.71. The van der Waals surface area contributed by atoms with Crippen molar-refractivity contribution in [3.8, 4) is 0 Å². The Morgan fingerprint density at radius 3 is 2.44 bits per heavy atom. The van der Waals surface area contributed by atoms with Crippen molar-refractivity contribution >= 4 is 37.9 Å². The van der Waals surface area contributed by atoms with Crippen LogP contribution in [0.3, 0.4) is 0 Å². The quantitative estimate of drug-likeness (QED) is 0.865. The molecule has 0 aliphatic heterocycles. The number of carbonyl (C=O) groups is 1. The first-order valence-electron chi connectivity index (χ1n) is 3.91. The van der Waals surface area contributed by atoms with E-state index in [-0.39, 0.29) is 4.47 Å². The highest BCUT2D eigenvalue weighted by molar-refractivity contribution is 9.10. The number of sulfone groups is 1. The van der Waals surface area contributed by atoms with E-state index in [2.05, 4.69) is 21.2 Å². The third-order valence-corrected chi connectivity index (χ3v) is 3.75. The summed E-state index contributed by atoms with van der Waals surface area (Å²) in [4.78, 5) is 9.64. The first kappa shape index (κ1) is 13.0. The molecule has 1 aromatic carbocycles. The van der Waals surface area contributed by atoms with Crippen molar-refractivity contribution in [2.75, 3.05) is 5.32 Å². The number of anilines is 1. The fraction of sp³-hybridized carbons (Fsp3) is 0.125. The Labute approximate surface area is 98.7 Å². The van der Waals surface area contributed by atoms with Crippen LogP contribution in [0.5, 0.6) is 0 Å². The van der Waals surface area contributed by atoms with Gasteiger partial charge in [0.1, 0.15) is 0 Å². The van der Waals surface area contributed by atoms with E-state index in [1.54, 1.807) is 0 Å². The van der Waals surface area contributed by atoms with Crippen LogP contribution in [0, 0.1) is 0 Å². The van der Waals surface area contributed by atoms with Gasteiger partial charge in [-0.2, -0.15) is 8.78 Å². The molecule has 8 heteroatoms. The fourth-order valence-corrected chi connectivity index (χ4v) is 2.35. The van der Waals surface area contributed by atoms with Gasteiger partial charge in [0.15, 0.2) is 0 Å². The Balaban J connectivity index is 3.21. The molecule has 0 unspecified atom stereocenters. The molecule has 0 fully saturated rings. The second-order valence-corrected chi connectivity index (χ2v) is 5.48. The van der Waals surface area contributed by atoms with E-state index in [0.717, 1.165) is 12.1 Å². The van der Waals surface area contributed by atoms with Gasteiger partial charge in [0, 0.05) is 4.47 Å². The van der Waals surface area contributed by atoms with Gasteiger partial charge in [0.25, 0.3) is 0 Å². The van der Waals surface area contributed by atoms with Crippen LogP contribution in [0.1, 0.15) is 0 Å². The maximum Gasteiger partial charge on any atom is 0.341 e. The average Bonchev–Trinajstić information content (AvgIpc) is 2.21. The predicted molar refractivity (Wildman–Crippen MR) is 57.0 cm³/mol. The number of halogens is 3. The first-order chi connectivity index (χ1) is 7.39. The van der Waals surface area contributed by atoms with Crippen molar-refractivity contribution in [2.45, 2.75) is 10.7 Å². The van der Waals surface area contributed by atoms with Crippen LogP contribution in [0.2, 0.25) is 0 Å². The van der Waals surface area contributed by atoms with Gasteiger partial charge in [0.05, 0.1) is 10.6 Å². The predicted octanol–water partition coefficient (Wildman–Crippen LogP) is 2.01. The lowest BCUT2D eigenvalue weighted by Gasteiger charge is -2.06. The topological polar surface area (TPSA) is 63.2 Å². The van der Waals surface area contributed by atoms with Gasteiger partial charge in [-0.25, -0.2) is 8.42 Å². The maximum atomic E-state index is 12.2. The van der Waals surface area contributed by atoms with Crippen molar-refractivity contribution in [3.05, 3.63) is 22.7 Å². The number of nitrogens with one attached hydrogen (secondary N) is 1. The van der Waals surface area contributed by atoms with Gasteiger partial charge in [-0.3, -0.25) is 4.79 Å². The number of benzene rings is 1. The molecule has 0 aliphatic rings. The SMILES string of the molecule is O=CNc1ccc(S(=O)(=O)C(F)F)cc1Br. The Morgan fingerprint density at radius 2 is 2.00 bits per heavy atom. The molecule has 16 heavy (non-hydrogen) atoms. The molecule has 0 aliphatic carbocycles. The zero-order valence-electron chi connectivity index (χ0n) is 7.65. The molecule has 0 aromatic heterocycles. The summed E-state index contributed by atoms with van der Waals surface area (Å²) in [6.07, 6.45) is 0.390. The molecule has 0 heterocycles. The molecule has 4 nitrogen and oxygen atoms in total. The van der Waals surface area contributed by atoms with E-state index in [1.165, 1.54) is 6.07 Å². The van der Waals surface area contributed by atoms with Crippen molar-refractivity contribution in [1.29, 1.82) is 0 Å². The van der Waals surface area contributed by atoms with Crippen molar-refractivity contribution in [1.82, 2.24) is 0 Å². The van der Waals surface area contributed by atoms with Gasteiger partial charge in [0.2, 0.25) is 16.2 Å². The van der Waals surface area contributed by atoms with E-state index >= 15 is 0 Å². The molecule has 0 saturated carbocycles. The van der Waals surface area contributed by atoms with E-state index in [4.69, 9.17) is 0 Å². The van der Waals surface area contributed by atoms with E-state index in [1.807, 2.05) is 0 Å². The highest BCUT2D eigenvalue weighted by Gasteiger charge is 2.26. The smallest absolute Gasteiger partial charge is 0.328 e. The van der Waals surface area contributed by atoms with Gasteiger partial charge in [-0.15, -0.1) is 0 Å². The lowest BCUT2D eigenvalue weighted by molar-refractivity contribution is -0.105. The third kappa shape index (κ3) is 2.56. The zero-order valence-corrected chi connectivity index (χ0v) is 10.1. The first-order valence-corrected chi connectivity index (χ1v) is 6.25. The van der Waals surface area contributed by atoms with Gasteiger partial charge < -0.3 is 5.32 Å². The van der Waals surface area contributed by atoms with E-state index < -0.39 is 20.5 Å². The van der Waals surface area contributed by atoms with Crippen LogP contribution in [0.15, 0.2) is 27.6 Å². The van der Waals surface area contributed by atoms with Crippen LogP contribution < -0.4 is 5.32 Å². The molecule has 1 amide bonds. The number of alkyl halides is 2. The largest absolute Gasteiger partial charge is 0.341 e. The minimum Gasteiger partial charge on any atom is -0.328 e. The molecule has 1 aromatic rings. The Morgan fingerprint density at radius 1 is 1.38 bits per heavy atom. The normalized spacial score (nSPS) is 11.5. The number of hydrogen-bond donors (Lipinski definition) is 1. The minimum absolute atomic E-state index is 0.210. The average molecular weight is 314 g/mol. The summed E-state index contributed by atoms with van der Waals surface area (Å²) in [5.41, 5.74) is 0.295. The number of hydrogen-bond acceptors (Lipinski definition) is 3. The van der Waals surface area contributed by atoms with Crippen molar-refractivity contribution in [2.24, 2.45) is 0 Å². The van der Waals surface area contributed by atoms with Crippen molar-refractivity contribution in [3.63, 3.8) is 0 Å². The molecule has 0 saturated heterocycles. The Kier molecular flexibility index (Phi) is 3.98. The number of carbonyl (C=O) groups excluding carboxylic acids is 1. The Hall–Kier alpha value is -1.02. The molecule has 88 valence electrons. The zero-order chi connectivity index (χ0) is 12.3. The van der Waals surface area contributed by atoms with Crippen molar-refractivity contribution < 1.29 is 22.0 Å². The summed E-state index contributed by atoms with van der Waals surface area (Å²) in [5.74, 6) is -3.47. The Bertz CT molecular complexity index is 504.